The summed E-state index contributed by atoms with van der Waals surface area (Å²) in [6.07, 6.45) is 1.60. The van der Waals surface area contributed by atoms with Crippen molar-refractivity contribution in [2.24, 2.45) is 0 Å². The van der Waals surface area contributed by atoms with Gasteiger partial charge in [0.2, 0.25) is 5.91 Å². The van der Waals surface area contributed by atoms with Crippen LogP contribution in [-0.2, 0) is 11.4 Å². The summed E-state index contributed by atoms with van der Waals surface area (Å²) in [6.45, 7) is 1.53. The van der Waals surface area contributed by atoms with Gasteiger partial charge in [0.15, 0.2) is 0 Å². The second-order valence-electron chi connectivity index (χ2n) is 6.59. The summed E-state index contributed by atoms with van der Waals surface area (Å²) in [4.78, 5) is 22.1. The molecule has 9 heteroatoms. The van der Waals surface area contributed by atoms with E-state index in [0.29, 0.717) is 22.8 Å². The third-order valence-electron chi connectivity index (χ3n) is 4.40. The summed E-state index contributed by atoms with van der Waals surface area (Å²) in [5.74, 6) is 0.391. The third kappa shape index (κ3) is 4.09. The molecule has 0 fully saturated rings. The first-order chi connectivity index (χ1) is 14.5. The number of non-ortho nitro benzene ring substituents is 1. The van der Waals surface area contributed by atoms with Crippen LogP contribution in [0.2, 0.25) is 0 Å². The van der Waals surface area contributed by atoms with Gasteiger partial charge in [0.05, 0.1) is 22.5 Å². The molecule has 0 spiro atoms. The van der Waals surface area contributed by atoms with Crippen LogP contribution in [0.4, 0.5) is 11.4 Å². The van der Waals surface area contributed by atoms with Crippen molar-refractivity contribution >= 4 is 28.1 Å². The van der Waals surface area contributed by atoms with E-state index in [2.05, 4.69) is 15.6 Å². The van der Waals surface area contributed by atoms with Crippen LogP contribution in [-0.4, -0.2) is 25.8 Å². The molecule has 1 amide bonds. The molecule has 0 unspecified atom stereocenters. The smallest absolute Gasteiger partial charge is 0.271 e. The highest BCUT2D eigenvalue weighted by Gasteiger charge is 2.15. The number of benzene rings is 3. The van der Waals surface area contributed by atoms with Crippen LogP contribution in [0, 0.1) is 10.1 Å². The van der Waals surface area contributed by atoms with Crippen LogP contribution in [0.5, 0.6) is 5.75 Å². The maximum Gasteiger partial charge on any atom is 0.271 e. The van der Waals surface area contributed by atoms with Crippen LogP contribution < -0.4 is 10.1 Å². The van der Waals surface area contributed by atoms with Crippen molar-refractivity contribution in [2.45, 2.75) is 13.5 Å². The zero-order chi connectivity index (χ0) is 21.1. The van der Waals surface area contributed by atoms with Gasteiger partial charge in [-0.15, -0.1) is 5.10 Å². The number of hydrogen-bond donors (Lipinski definition) is 1. The number of rotatable bonds is 6. The van der Waals surface area contributed by atoms with E-state index in [9.17, 15) is 14.9 Å². The Bertz CT molecular complexity index is 1250. The standard InChI is InChI=1S/C21H17N5O4/c1-14(27)22-20-9-7-18(26(28)29)11-21(20)25-12-17(23-24-25)13-30-19-8-6-15-4-2-3-5-16(15)10-19/h2-12H,13H2,1H3,(H,22,27). The molecule has 150 valence electrons. The van der Waals surface area contributed by atoms with Gasteiger partial charge in [-0.25, -0.2) is 4.68 Å². The fraction of sp³-hybridized carbons (Fsp3) is 0.0952. The lowest BCUT2D eigenvalue weighted by atomic mass is 10.1. The number of carbonyl (C=O) groups is 1. The highest BCUT2D eigenvalue weighted by molar-refractivity contribution is 5.91. The maximum atomic E-state index is 11.5. The maximum absolute atomic E-state index is 11.5. The zero-order valence-corrected chi connectivity index (χ0v) is 16.0. The van der Waals surface area contributed by atoms with E-state index in [-0.39, 0.29) is 18.2 Å². The van der Waals surface area contributed by atoms with Crippen molar-refractivity contribution in [1.29, 1.82) is 0 Å². The second-order valence-corrected chi connectivity index (χ2v) is 6.59. The molecule has 0 aliphatic heterocycles. The average molecular weight is 403 g/mol. The Morgan fingerprint density at radius 2 is 1.93 bits per heavy atom. The number of ether oxygens (including phenoxy) is 1. The molecular formula is C21H17N5O4. The zero-order valence-electron chi connectivity index (χ0n) is 16.0. The van der Waals surface area contributed by atoms with Gasteiger partial charge in [0, 0.05) is 19.1 Å². The summed E-state index contributed by atoms with van der Waals surface area (Å²) in [7, 11) is 0. The van der Waals surface area contributed by atoms with E-state index in [1.165, 1.54) is 29.8 Å². The minimum atomic E-state index is -0.512. The Kier molecular flexibility index (Phi) is 5.08. The van der Waals surface area contributed by atoms with Crippen molar-refractivity contribution in [3.05, 3.63) is 82.7 Å². The SMILES string of the molecule is CC(=O)Nc1ccc([N+](=O)[O-])cc1-n1cc(COc2ccc3ccccc3c2)nn1. The van der Waals surface area contributed by atoms with Gasteiger partial charge in [-0.2, -0.15) is 0 Å². The van der Waals surface area contributed by atoms with Crippen LogP contribution in [0.25, 0.3) is 16.5 Å². The molecule has 1 heterocycles. The van der Waals surface area contributed by atoms with Crippen LogP contribution in [0.3, 0.4) is 0 Å². The molecule has 0 saturated heterocycles. The van der Waals surface area contributed by atoms with E-state index in [1.807, 2.05) is 42.5 Å². The summed E-state index contributed by atoms with van der Waals surface area (Å²) in [5.41, 5.74) is 1.14. The molecule has 0 radical (unpaired) electrons. The number of nitro benzene ring substituents is 1. The van der Waals surface area contributed by atoms with Gasteiger partial charge in [0.1, 0.15) is 18.1 Å². The monoisotopic (exact) mass is 403 g/mol. The first kappa shape index (κ1) is 19.1. The quantitative estimate of drug-likeness (QED) is 0.386. The summed E-state index contributed by atoms with van der Waals surface area (Å²) in [6, 6.07) is 17.9. The Morgan fingerprint density at radius 3 is 2.70 bits per heavy atom. The van der Waals surface area contributed by atoms with Gasteiger partial charge in [-0.3, -0.25) is 14.9 Å². The van der Waals surface area contributed by atoms with Crippen molar-refractivity contribution in [1.82, 2.24) is 15.0 Å². The minimum absolute atomic E-state index is 0.122. The molecule has 0 aliphatic rings. The summed E-state index contributed by atoms with van der Waals surface area (Å²) < 4.78 is 7.18. The molecule has 0 bridgehead atoms. The number of carbonyl (C=O) groups excluding carboxylic acids is 1. The topological polar surface area (TPSA) is 112 Å². The Labute approximate surface area is 171 Å². The van der Waals surface area contributed by atoms with E-state index < -0.39 is 4.92 Å². The molecule has 4 rings (SSSR count). The molecule has 1 N–H and O–H groups in total. The summed E-state index contributed by atoms with van der Waals surface area (Å²) >= 11 is 0. The molecule has 0 aliphatic carbocycles. The highest BCUT2D eigenvalue weighted by Crippen LogP contribution is 2.26. The predicted octanol–water partition coefficient (Wildman–Crippen LogP) is 3.87. The van der Waals surface area contributed by atoms with E-state index in [1.54, 1.807) is 6.20 Å². The molecule has 0 atom stereocenters. The minimum Gasteiger partial charge on any atom is -0.487 e. The Hall–Kier alpha value is -4.27. The van der Waals surface area contributed by atoms with Crippen LogP contribution >= 0.6 is 0 Å². The lowest BCUT2D eigenvalue weighted by Crippen LogP contribution is -2.10. The van der Waals surface area contributed by atoms with E-state index >= 15 is 0 Å². The number of hydrogen-bond acceptors (Lipinski definition) is 6. The number of nitrogens with one attached hydrogen (secondary N) is 1. The van der Waals surface area contributed by atoms with E-state index in [0.717, 1.165) is 10.8 Å². The van der Waals surface area contributed by atoms with Crippen molar-refractivity contribution in [2.75, 3.05) is 5.32 Å². The number of anilines is 1. The number of nitrogens with zero attached hydrogens (tertiary/aromatic N) is 4. The number of nitro groups is 1. The van der Waals surface area contributed by atoms with Crippen molar-refractivity contribution < 1.29 is 14.5 Å². The Morgan fingerprint density at radius 1 is 1.13 bits per heavy atom. The predicted molar refractivity (Wildman–Crippen MR) is 111 cm³/mol. The van der Waals surface area contributed by atoms with Crippen molar-refractivity contribution in [3.8, 4) is 11.4 Å². The average Bonchev–Trinajstić information content (AvgIpc) is 3.20. The fourth-order valence-electron chi connectivity index (χ4n) is 3.02. The van der Waals surface area contributed by atoms with Gasteiger partial charge < -0.3 is 10.1 Å². The molecule has 9 nitrogen and oxygen atoms in total. The van der Waals surface area contributed by atoms with Gasteiger partial charge in [0.25, 0.3) is 5.69 Å². The van der Waals surface area contributed by atoms with Crippen LogP contribution in [0.15, 0.2) is 66.9 Å². The molecule has 3 aromatic carbocycles. The lowest BCUT2D eigenvalue weighted by Gasteiger charge is -2.09. The largest absolute Gasteiger partial charge is 0.487 e. The number of amides is 1. The molecule has 1 aromatic heterocycles. The van der Waals surface area contributed by atoms with E-state index in [4.69, 9.17) is 4.74 Å². The molecule has 4 aromatic rings. The summed E-state index contributed by atoms with van der Waals surface area (Å²) in [5, 5.41) is 24.1. The Balaban J connectivity index is 1.56. The molecule has 0 saturated carbocycles. The highest BCUT2D eigenvalue weighted by atomic mass is 16.6. The number of fused-ring (bicyclic) bond motifs is 1. The van der Waals surface area contributed by atoms with Crippen molar-refractivity contribution in [3.63, 3.8) is 0 Å². The van der Waals surface area contributed by atoms with Gasteiger partial charge >= 0.3 is 0 Å². The third-order valence-corrected chi connectivity index (χ3v) is 4.40. The fourth-order valence-corrected chi connectivity index (χ4v) is 3.02. The van der Waals surface area contributed by atoms with Gasteiger partial charge in [-0.05, 0) is 29.0 Å². The number of aromatic nitrogens is 3. The molecule has 30 heavy (non-hydrogen) atoms. The second kappa shape index (κ2) is 8.00. The normalized spacial score (nSPS) is 10.7. The van der Waals surface area contributed by atoms with Crippen LogP contribution in [0.1, 0.15) is 12.6 Å². The lowest BCUT2D eigenvalue weighted by molar-refractivity contribution is -0.384. The molecular weight excluding hydrogens is 386 g/mol. The first-order valence-corrected chi connectivity index (χ1v) is 9.09. The first-order valence-electron chi connectivity index (χ1n) is 9.09. The van der Waals surface area contributed by atoms with Gasteiger partial charge in [-0.1, -0.05) is 35.5 Å².